The van der Waals surface area contributed by atoms with Gasteiger partial charge in [-0.1, -0.05) is 42.1 Å². The minimum Gasteiger partial charge on any atom is -0.342 e. The van der Waals surface area contributed by atoms with Crippen molar-refractivity contribution in [1.82, 2.24) is 20.1 Å². The van der Waals surface area contributed by atoms with Gasteiger partial charge in [0.2, 0.25) is 0 Å². The van der Waals surface area contributed by atoms with Gasteiger partial charge in [0.15, 0.2) is 11.0 Å². The van der Waals surface area contributed by atoms with Gasteiger partial charge in [0, 0.05) is 12.8 Å². The third kappa shape index (κ3) is 4.11. The van der Waals surface area contributed by atoms with E-state index in [4.69, 9.17) is 0 Å². The van der Waals surface area contributed by atoms with Crippen LogP contribution in [0.2, 0.25) is 0 Å². The molecular formula is C18H20N4OS2. The van der Waals surface area contributed by atoms with Crippen LogP contribution in [0.25, 0.3) is 0 Å². The van der Waals surface area contributed by atoms with Crippen molar-refractivity contribution in [3.05, 3.63) is 63.6 Å². The van der Waals surface area contributed by atoms with E-state index >= 15 is 0 Å². The van der Waals surface area contributed by atoms with Gasteiger partial charge >= 0.3 is 0 Å². The summed E-state index contributed by atoms with van der Waals surface area (Å²) in [5, 5.41) is 14.3. The van der Waals surface area contributed by atoms with Crippen LogP contribution in [0.4, 0.5) is 0 Å². The van der Waals surface area contributed by atoms with Crippen LogP contribution in [0, 0.1) is 6.92 Å². The summed E-state index contributed by atoms with van der Waals surface area (Å²) >= 11 is 3.07. The summed E-state index contributed by atoms with van der Waals surface area (Å²) in [6.45, 7) is 4.03. The number of thiophene rings is 1. The van der Waals surface area contributed by atoms with Crippen molar-refractivity contribution in [1.29, 1.82) is 0 Å². The number of carbonyl (C=O) groups is 1. The molecule has 0 unspecified atom stereocenters. The maximum Gasteiger partial charge on any atom is 0.261 e. The molecule has 3 rings (SSSR count). The van der Waals surface area contributed by atoms with Gasteiger partial charge in [-0.15, -0.1) is 21.5 Å². The smallest absolute Gasteiger partial charge is 0.261 e. The van der Waals surface area contributed by atoms with Gasteiger partial charge in [-0.3, -0.25) is 4.79 Å². The Bertz CT molecular complexity index is 858. The molecule has 0 radical (unpaired) electrons. The standard InChI is InChI=1S/C18H20N4OS2/c1-12-7-4-5-8-14(12)11-25-18-21-20-16(22(18)3)13(2)19-17(23)15-9-6-10-24-15/h4-10,13H,11H2,1-3H3,(H,19,23)/t13-/m0/s1. The van der Waals surface area contributed by atoms with Gasteiger partial charge in [0.25, 0.3) is 5.91 Å². The molecule has 1 N–H and O–H groups in total. The predicted octanol–water partition coefficient (Wildman–Crippen LogP) is 3.97. The van der Waals surface area contributed by atoms with Gasteiger partial charge in [-0.2, -0.15) is 0 Å². The van der Waals surface area contributed by atoms with Crippen molar-refractivity contribution in [2.24, 2.45) is 7.05 Å². The molecule has 0 aliphatic rings. The van der Waals surface area contributed by atoms with E-state index in [-0.39, 0.29) is 11.9 Å². The molecule has 0 aliphatic carbocycles. The molecule has 1 atom stereocenters. The van der Waals surface area contributed by atoms with Gasteiger partial charge in [0.05, 0.1) is 10.9 Å². The highest BCUT2D eigenvalue weighted by Gasteiger charge is 2.18. The zero-order valence-corrected chi connectivity index (χ0v) is 16.0. The average molecular weight is 373 g/mol. The van der Waals surface area contributed by atoms with Crippen molar-refractivity contribution in [3.63, 3.8) is 0 Å². The second-order valence-electron chi connectivity index (χ2n) is 5.79. The lowest BCUT2D eigenvalue weighted by atomic mass is 10.1. The van der Waals surface area contributed by atoms with Crippen LogP contribution >= 0.6 is 23.1 Å². The summed E-state index contributed by atoms with van der Waals surface area (Å²) in [4.78, 5) is 12.9. The Balaban J connectivity index is 1.66. The lowest BCUT2D eigenvalue weighted by Crippen LogP contribution is -2.27. The number of hydrogen-bond acceptors (Lipinski definition) is 5. The minimum absolute atomic E-state index is 0.0837. The van der Waals surface area contributed by atoms with Crippen LogP contribution < -0.4 is 5.32 Å². The first-order valence-electron chi connectivity index (χ1n) is 7.97. The summed E-state index contributed by atoms with van der Waals surface area (Å²) < 4.78 is 1.95. The van der Waals surface area contributed by atoms with Crippen LogP contribution in [0.1, 0.15) is 39.6 Å². The number of thioether (sulfide) groups is 1. The highest BCUT2D eigenvalue weighted by molar-refractivity contribution is 7.98. The number of amides is 1. The Morgan fingerprint density at radius 1 is 1.28 bits per heavy atom. The van der Waals surface area contributed by atoms with Gasteiger partial charge in [-0.05, 0) is 36.4 Å². The molecular weight excluding hydrogens is 352 g/mol. The van der Waals surface area contributed by atoms with Crippen molar-refractivity contribution >= 4 is 29.0 Å². The highest BCUT2D eigenvalue weighted by atomic mass is 32.2. The van der Waals surface area contributed by atoms with Crippen LogP contribution in [-0.2, 0) is 12.8 Å². The topological polar surface area (TPSA) is 59.8 Å². The van der Waals surface area contributed by atoms with Crippen molar-refractivity contribution in [2.75, 3.05) is 0 Å². The molecule has 0 spiro atoms. The molecule has 2 heterocycles. The van der Waals surface area contributed by atoms with E-state index in [0.29, 0.717) is 4.88 Å². The molecule has 3 aromatic rings. The summed E-state index contributed by atoms with van der Waals surface area (Å²) in [7, 11) is 1.93. The molecule has 7 heteroatoms. The van der Waals surface area contributed by atoms with Crippen molar-refractivity contribution in [3.8, 4) is 0 Å². The van der Waals surface area contributed by atoms with Crippen LogP contribution in [-0.4, -0.2) is 20.7 Å². The van der Waals surface area contributed by atoms with Gasteiger partial charge in [0.1, 0.15) is 0 Å². The first-order chi connectivity index (χ1) is 12.1. The largest absolute Gasteiger partial charge is 0.342 e. The molecule has 0 fully saturated rings. The first-order valence-corrected chi connectivity index (χ1v) is 9.83. The Morgan fingerprint density at radius 2 is 2.08 bits per heavy atom. The zero-order valence-electron chi connectivity index (χ0n) is 14.4. The summed E-state index contributed by atoms with van der Waals surface area (Å²) in [6.07, 6.45) is 0. The molecule has 130 valence electrons. The summed E-state index contributed by atoms with van der Waals surface area (Å²) in [5.41, 5.74) is 2.56. The Labute approximate surface area is 155 Å². The van der Waals surface area contributed by atoms with E-state index in [1.165, 1.54) is 22.5 Å². The maximum atomic E-state index is 12.2. The first kappa shape index (κ1) is 17.7. The fourth-order valence-electron chi connectivity index (χ4n) is 2.48. The van der Waals surface area contributed by atoms with E-state index < -0.39 is 0 Å². The molecule has 2 aromatic heterocycles. The second-order valence-corrected chi connectivity index (χ2v) is 7.68. The van der Waals surface area contributed by atoms with E-state index in [9.17, 15) is 4.79 Å². The van der Waals surface area contributed by atoms with Crippen molar-refractivity contribution in [2.45, 2.75) is 30.8 Å². The lowest BCUT2D eigenvalue weighted by Gasteiger charge is -2.13. The highest BCUT2D eigenvalue weighted by Crippen LogP contribution is 2.24. The van der Waals surface area contributed by atoms with E-state index in [2.05, 4.69) is 34.6 Å². The molecule has 5 nitrogen and oxygen atoms in total. The third-order valence-corrected chi connectivity index (χ3v) is 5.90. The lowest BCUT2D eigenvalue weighted by molar-refractivity contribution is 0.0942. The fraction of sp³-hybridized carbons (Fsp3) is 0.278. The number of aromatic nitrogens is 3. The number of rotatable bonds is 6. The zero-order chi connectivity index (χ0) is 17.8. The minimum atomic E-state index is -0.208. The summed E-state index contributed by atoms with van der Waals surface area (Å²) in [5.74, 6) is 1.51. The Morgan fingerprint density at radius 3 is 2.80 bits per heavy atom. The number of benzene rings is 1. The Kier molecular flexibility index (Phi) is 5.55. The quantitative estimate of drug-likeness (QED) is 0.665. The Hall–Kier alpha value is -2.12. The molecule has 0 saturated carbocycles. The van der Waals surface area contributed by atoms with Crippen LogP contribution in [0.3, 0.4) is 0 Å². The molecule has 0 saturated heterocycles. The molecule has 1 aromatic carbocycles. The number of nitrogens with zero attached hydrogens (tertiary/aromatic N) is 3. The fourth-order valence-corrected chi connectivity index (χ4v) is 4.10. The van der Waals surface area contributed by atoms with E-state index in [1.54, 1.807) is 11.8 Å². The third-order valence-electron chi connectivity index (χ3n) is 3.97. The van der Waals surface area contributed by atoms with Crippen LogP contribution in [0.5, 0.6) is 0 Å². The normalized spacial score (nSPS) is 12.1. The van der Waals surface area contributed by atoms with E-state index in [1.807, 2.05) is 48.2 Å². The molecule has 0 bridgehead atoms. The molecule has 1 amide bonds. The molecule has 25 heavy (non-hydrogen) atoms. The summed E-state index contributed by atoms with van der Waals surface area (Å²) in [6, 6.07) is 11.8. The number of aryl methyl sites for hydroxylation is 1. The number of carbonyl (C=O) groups excluding carboxylic acids is 1. The van der Waals surface area contributed by atoms with Crippen LogP contribution in [0.15, 0.2) is 46.9 Å². The van der Waals surface area contributed by atoms with Gasteiger partial charge in [-0.25, -0.2) is 0 Å². The maximum absolute atomic E-state index is 12.2. The average Bonchev–Trinajstić information content (AvgIpc) is 3.24. The number of nitrogens with one attached hydrogen (secondary N) is 1. The second kappa shape index (κ2) is 7.84. The van der Waals surface area contributed by atoms with Crippen molar-refractivity contribution < 1.29 is 4.79 Å². The molecule has 0 aliphatic heterocycles. The predicted molar refractivity (Wildman–Crippen MR) is 102 cm³/mol. The monoisotopic (exact) mass is 372 g/mol. The number of hydrogen-bond donors (Lipinski definition) is 1. The van der Waals surface area contributed by atoms with E-state index in [0.717, 1.165) is 16.7 Å². The van der Waals surface area contributed by atoms with Gasteiger partial charge < -0.3 is 9.88 Å². The SMILES string of the molecule is Cc1ccccc1CSc1nnc([C@H](C)NC(=O)c2cccs2)n1C.